The van der Waals surface area contributed by atoms with Gasteiger partial charge in [-0.1, -0.05) is 12.1 Å². The summed E-state index contributed by atoms with van der Waals surface area (Å²) in [6.45, 7) is 5.37. The van der Waals surface area contributed by atoms with Gasteiger partial charge < -0.3 is 15.4 Å². The second-order valence-electron chi connectivity index (χ2n) is 5.71. The number of rotatable bonds is 10. The third-order valence-electron chi connectivity index (χ3n) is 3.59. The highest BCUT2D eigenvalue weighted by Crippen LogP contribution is 2.17. The molecule has 1 amide bonds. The zero-order valence-electron chi connectivity index (χ0n) is 15.1. The first kappa shape index (κ1) is 23.8. The standard InChI is InChI=1S/C16H27N3O4S.ClH/c1-13(2)19(3)24(21,22)15-7-5-14(6-8-15)11-18-16(20)12-17-9-10-23-4;/h5-8,13,17H,9-12H2,1-4H3,(H,18,20);1H. The van der Waals surface area contributed by atoms with Crippen molar-refractivity contribution in [3.05, 3.63) is 29.8 Å². The van der Waals surface area contributed by atoms with Crippen LogP contribution >= 0.6 is 12.4 Å². The van der Waals surface area contributed by atoms with Crippen molar-refractivity contribution < 1.29 is 17.9 Å². The molecule has 1 aromatic carbocycles. The van der Waals surface area contributed by atoms with Crippen LogP contribution in [-0.4, -0.2) is 58.5 Å². The molecule has 1 rings (SSSR count). The van der Waals surface area contributed by atoms with E-state index in [1.807, 2.05) is 13.8 Å². The molecule has 0 atom stereocenters. The van der Waals surface area contributed by atoms with Crippen molar-refractivity contribution in [3.63, 3.8) is 0 Å². The predicted molar refractivity (Wildman–Crippen MR) is 100 cm³/mol. The lowest BCUT2D eigenvalue weighted by Crippen LogP contribution is -2.35. The van der Waals surface area contributed by atoms with E-state index in [1.54, 1.807) is 38.4 Å². The Hall–Kier alpha value is -1.19. The largest absolute Gasteiger partial charge is 0.383 e. The SMILES string of the molecule is COCCNCC(=O)NCc1ccc(S(=O)(=O)N(C)C(C)C)cc1.Cl. The van der Waals surface area contributed by atoms with Crippen molar-refractivity contribution in [2.75, 3.05) is 33.9 Å². The minimum absolute atomic E-state index is 0. The lowest BCUT2D eigenvalue weighted by molar-refractivity contribution is -0.120. The first-order valence-corrected chi connectivity index (χ1v) is 9.26. The summed E-state index contributed by atoms with van der Waals surface area (Å²) in [5.41, 5.74) is 0.839. The second kappa shape index (κ2) is 11.4. The van der Waals surface area contributed by atoms with E-state index in [1.165, 1.54) is 4.31 Å². The van der Waals surface area contributed by atoms with Crippen LogP contribution in [-0.2, 0) is 26.1 Å². The number of carbonyl (C=O) groups excluding carboxylic acids is 1. The number of benzene rings is 1. The number of nitrogens with zero attached hydrogens (tertiary/aromatic N) is 1. The molecule has 0 fully saturated rings. The minimum Gasteiger partial charge on any atom is -0.383 e. The summed E-state index contributed by atoms with van der Waals surface area (Å²) >= 11 is 0. The minimum atomic E-state index is -3.48. The van der Waals surface area contributed by atoms with Crippen molar-refractivity contribution in [2.24, 2.45) is 0 Å². The first-order chi connectivity index (χ1) is 11.3. The predicted octanol–water partition coefficient (Wildman–Crippen LogP) is 0.990. The monoisotopic (exact) mass is 393 g/mol. The van der Waals surface area contributed by atoms with Gasteiger partial charge in [-0.05, 0) is 31.5 Å². The zero-order valence-corrected chi connectivity index (χ0v) is 16.7. The van der Waals surface area contributed by atoms with Crippen LogP contribution in [0.15, 0.2) is 29.2 Å². The van der Waals surface area contributed by atoms with Crippen LogP contribution in [0.25, 0.3) is 0 Å². The van der Waals surface area contributed by atoms with Crippen molar-refractivity contribution in [1.82, 2.24) is 14.9 Å². The molecule has 0 heterocycles. The third-order valence-corrected chi connectivity index (χ3v) is 5.63. The van der Waals surface area contributed by atoms with Gasteiger partial charge in [-0.15, -0.1) is 12.4 Å². The summed E-state index contributed by atoms with van der Waals surface area (Å²) in [7, 11) is -0.318. The van der Waals surface area contributed by atoms with E-state index in [2.05, 4.69) is 10.6 Å². The van der Waals surface area contributed by atoms with E-state index >= 15 is 0 Å². The Kier molecular flexibility index (Phi) is 10.9. The summed E-state index contributed by atoms with van der Waals surface area (Å²) in [6.07, 6.45) is 0. The molecule has 144 valence electrons. The Bertz CT molecular complexity index is 621. The van der Waals surface area contributed by atoms with Crippen LogP contribution in [0.4, 0.5) is 0 Å². The number of halogens is 1. The third kappa shape index (κ3) is 7.70. The summed E-state index contributed by atoms with van der Waals surface area (Å²) in [4.78, 5) is 11.9. The Morgan fingerprint density at radius 3 is 2.36 bits per heavy atom. The number of amides is 1. The van der Waals surface area contributed by atoms with E-state index in [0.29, 0.717) is 19.7 Å². The second-order valence-corrected chi connectivity index (χ2v) is 7.70. The maximum absolute atomic E-state index is 12.4. The highest BCUT2D eigenvalue weighted by atomic mass is 35.5. The molecule has 0 radical (unpaired) electrons. The topological polar surface area (TPSA) is 87.7 Å². The van der Waals surface area contributed by atoms with Crippen molar-refractivity contribution in [3.8, 4) is 0 Å². The zero-order chi connectivity index (χ0) is 18.2. The smallest absolute Gasteiger partial charge is 0.243 e. The number of hydrogen-bond acceptors (Lipinski definition) is 5. The van der Waals surface area contributed by atoms with Gasteiger partial charge >= 0.3 is 0 Å². The number of carbonyl (C=O) groups is 1. The fourth-order valence-electron chi connectivity index (χ4n) is 1.86. The molecule has 0 bridgehead atoms. The van der Waals surface area contributed by atoms with Gasteiger partial charge in [0, 0.05) is 33.3 Å². The van der Waals surface area contributed by atoms with Crippen molar-refractivity contribution >= 4 is 28.3 Å². The van der Waals surface area contributed by atoms with Gasteiger partial charge in [-0.2, -0.15) is 4.31 Å². The van der Waals surface area contributed by atoms with Crippen LogP contribution in [0.3, 0.4) is 0 Å². The van der Waals surface area contributed by atoms with Gasteiger partial charge in [-0.3, -0.25) is 4.79 Å². The molecule has 0 aliphatic heterocycles. The van der Waals surface area contributed by atoms with E-state index in [-0.39, 0.29) is 35.8 Å². The van der Waals surface area contributed by atoms with Crippen molar-refractivity contribution in [2.45, 2.75) is 31.3 Å². The molecule has 0 spiro atoms. The number of methoxy groups -OCH3 is 1. The number of hydrogen-bond donors (Lipinski definition) is 2. The molecule has 0 aliphatic carbocycles. The Morgan fingerprint density at radius 1 is 1.24 bits per heavy atom. The normalized spacial score (nSPS) is 11.4. The van der Waals surface area contributed by atoms with Gasteiger partial charge in [-0.25, -0.2) is 8.42 Å². The molecule has 9 heteroatoms. The molecule has 0 saturated heterocycles. The van der Waals surface area contributed by atoms with E-state index < -0.39 is 10.0 Å². The Morgan fingerprint density at radius 2 is 1.84 bits per heavy atom. The summed E-state index contributed by atoms with van der Waals surface area (Å²) < 4.78 is 30.9. The van der Waals surface area contributed by atoms with Crippen LogP contribution in [0, 0.1) is 0 Å². The molecule has 25 heavy (non-hydrogen) atoms. The highest BCUT2D eigenvalue weighted by molar-refractivity contribution is 7.89. The summed E-state index contributed by atoms with van der Waals surface area (Å²) in [6, 6.07) is 6.43. The Labute approximate surface area is 156 Å². The number of sulfonamides is 1. The van der Waals surface area contributed by atoms with Crippen LogP contribution in [0.5, 0.6) is 0 Å². The first-order valence-electron chi connectivity index (χ1n) is 7.82. The molecule has 2 N–H and O–H groups in total. The van der Waals surface area contributed by atoms with Crippen LogP contribution in [0.2, 0.25) is 0 Å². The van der Waals surface area contributed by atoms with E-state index in [9.17, 15) is 13.2 Å². The van der Waals surface area contributed by atoms with Gasteiger partial charge in [0.15, 0.2) is 0 Å². The molecule has 0 aliphatic rings. The number of nitrogens with one attached hydrogen (secondary N) is 2. The molecule has 0 aromatic heterocycles. The maximum Gasteiger partial charge on any atom is 0.243 e. The molecular formula is C16H28ClN3O4S. The molecule has 0 saturated carbocycles. The summed E-state index contributed by atoms with van der Waals surface area (Å²) in [5.74, 6) is -0.123. The highest BCUT2D eigenvalue weighted by Gasteiger charge is 2.22. The van der Waals surface area contributed by atoms with Gasteiger partial charge in [0.25, 0.3) is 0 Å². The average molecular weight is 394 g/mol. The summed E-state index contributed by atoms with van der Waals surface area (Å²) in [5, 5.41) is 5.73. The molecule has 1 aromatic rings. The van der Waals surface area contributed by atoms with E-state index in [4.69, 9.17) is 4.74 Å². The number of ether oxygens (including phenoxy) is 1. The maximum atomic E-state index is 12.4. The van der Waals surface area contributed by atoms with E-state index in [0.717, 1.165) is 5.56 Å². The van der Waals surface area contributed by atoms with Gasteiger partial charge in [0.05, 0.1) is 18.0 Å². The van der Waals surface area contributed by atoms with Crippen molar-refractivity contribution in [1.29, 1.82) is 0 Å². The molecule has 7 nitrogen and oxygen atoms in total. The quantitative estimate of drug-likeness (QED) is 0.579. The molecule has 0 unspecified atom stereocenters. The lowest BCUT2D eigenvalue weighted by atomic mass is 10.2. The lowest BCUT2D eigenvalue weighted by Gasteiger charge is -2.21. The molecular weight excluding hydrogens is 366 g/mol. The van der Waals surface area contributed by atoms with Crippen LogP contribution in [0.1, 0.15) is 19.4 Å². The van der Waals surface area contributed by atoms with Crippen LogP contribution < -0.4 is 10.6 Å². The Balaban J connectivity index is 0.00000576. The average Bonchev–Trinajstić information content (AvgIpc) is 2.56. The van der Waals surface area contributed by atoms with Gasteiger partial charge in [0.1, 0.15) is 0 Å². The fraction of sp³-hybridized carbons (Fsp3) is 0.562. The fourth-order valence-corrected chi connectivity index (χ4v) is 3.23. The van der Waals surface area contributed by atoms with Gasteiger partial charge in [0.2, 0.25) is 15.9 Å².